The maximum Gasteiger partial charge on any atom is 0.153 e. The molecule has 1 heterocycles. The van der Waals surface area contributed by atoms with Crippen LogP contribution in [0.5, 0.6) is 0 Å². The van der Waals surface area contributed by atoms with E-state index < -0.39 is 5.67 Å². The Balaban J connectivity index is 2.31. The van der Waals surface area contributed by atoms with Gasteiger partial charge in [-0.2, -0.15) is 5.10 Å². The van der Waals surface area contributed by atoms with E-state index in [1.54, 1.807) is 10.9 Å². The van der Waals surface area contributed by atoms with Crippen molar-refractivity contribution >= 4 is 15.9 Å². The monoisotopic (exact) mass is 289 g/mol. The van der Waals surface area contributed by atoms with Crippen molar-refractivity contribution < 1.29 is 4.39 Å². The summed E-state index contributed by atoms with van der Waals surface area (Å²) in [4.78, 5) is 0. The first-order valence-corrected chi connectivity index (χ1v) is 6.52. The molecular weight excluding hydrogens is 273 g/mol. The van der Waals surface area contributed by atoms with Crippen LogP contribution in [-0.2, 0) is 12.2 Å². The summed E-state index contributed by atoms with van der Waals surface area (Å²) < 4.78 is 17.4. The molecule has 16 heavy (non-hydrogen) atoms. The summed E-state index contributed by atoms with van der Waals surface area (Å²) >= 11 is 3.39. The Morgan fingerprint density at radius 2 is 2.25 bits per heavy atom. The molecule has 0 spiro atoms. The van der Waals surface area contributed by atoms with E-state index >= 15 is 0 Å². The minimum atomic E-state index is -1.26. The zero-order valence-corrected chi connectivity index (χ0v) is 11.0. The maximum absolute atomic E-state index is 14.9. The van der Waals surface area contributed by atoms with Gasteiger partial charge in [0.25, 0.3) is 0 Å². The number of alkyl halides is 1. The van der Waals surface area contributed by atoms with Gasteiger partial charge in [0.2, 0.25) is 0 Å². The number of hydrogen-bond acceptors (Lipinski definition) is 2. The molecule has 1 saturated carbocycles. The third-order valence-corrected chi connectivity index (χ3v) is 3.92. The lowest BCUT2D eigenvalue weighted by Crippen LogP contribution is -2.35. The van der Waals surface area contributed by atoms with E-state index in [0.717, 1.165) is 17.3 Å². The van der Waals surface area contributed by atoms with Gasteiger partial charge in [-0.3, -0.25) is 4.68 Å². The smallest absolute Gasteiger partial charge is 0.153 e. The summed E-state index contributed by atoms with van der Waals surface area (Å²) in [6.45, 7) is 2.67. The largest absolute Gasteiger partial charge is 0.328 e. The summed E-state index contributed by atoms with van der Waals surface area (Å²) in [5.74, 6) is 0. The Kier molecular flexibility index (Phi) is 3.35. The minimum absolute atomic E-state index is 0.153. The molecule has 2 N–H and O–H groups in total. The number of rotatable bonds is 2. The predicted octanol–water partition coefficient (Wildman–Crippen LogP) is 2.73. The first kappa shape index (κ1) is 12.0. The second-order valence-corrected chi connectivity index (χ2v) is 5.31. The Bertz CT molecular complexity index is 369. The van der Waals surface area contributed by atoms with Gasteiger partial charge < -0.3 is 5.73 Å². The van der Waals surface area contributed by atoms with Crippen molar-refractivity contribution in [3.8, 4) is 0 Å². The molecule has 90 valence electrons. The predicted molar refractivity (Wildman–Crippen MR) is 64.8 cm³/mol. The van der Waals surface area contributed by atoms with E-state index in [9.17, 15) is 4.39 Å². The van der Waals surface area contributed by atoms with Crippen molar-refractivity contribution in [1.29, 1.82) is 0 Å². The van der Waals surface area contributed by atoms with Gasteiger partial charge in [0.15, 0.2) is 5.67 Å². The van der Waals surface area contributed by atoms with Gasteiger partial charge in [-0.15, -0.1) is 0 Å². The molecule has 1 aromatic rings. The molecule has 1 fully saturated rings. The van der Waals surface area contributed by atoms with Gasteiger partial charge in [0.1, 0.15) is 0 Å². The van der Waals surface area contributed by atoms with Crippen LogP contribution >= 0.6 is 15.9 Å². The highest BCUT2D eigenvalue weighted by Gasteiger charge is 2.40. The van der Waals surface area contributed by atoms with Crippen LogP contribution in [0.15, 0.2) is 10.7 Å². The van der Waals surface area contributed by atoms with E-state index in [4.69, 9.17) is 5.73 Å². The third kappa shape index (κ3) is 2.02. The van der Waals surface area contributed by atoms with Crippen LogP contribution in [0, 0.1) is 0 Å². The number of nitrogens with two attached hydrogens (primary N) is 1. The highest BCUT2D eigenvalue weighted by Crippen LogP contribution is 2.43. The molecule has 0 unspecified atom stereocenters. The van der Waals surface area contributed by atoms with Crippen LogP contribution in [0.1, 0.15) is 38.3 Å². The number of aryl methyl sites for hydroxylation is 1. The summed E-state index contributed by atoms with van der Waals surface area (Å²) in [6, 6.07) is 0.153. The minimum Gasteiger partial charge on any atom is -0.328 e. The molecule has 1 aliphatic rings. The molecule has 0 radical (unpaired) electrons. The third-order valence-electron chi connectivity index (χ3n) is 3.34. The van der Waals surface area contributed by atoms with Gasteiger partial charge in [-0.25, -0.2) is 4.39 Å². The second kappa shape index (κ2) is 4.45. The topological polar surface area (TPSA) is 43.8 Å². The van der Waals surface area contributed by atoms with Gasteiger partial charge in [0.05, 0.1) is 16.4 Å². The van der Waals surface area contributed by atoms with Gasteiger partial charge in [-0.1, -0.05) is 0 Å². The van der Waals surface area contributed by atoms with Crippen LogP contribution in [0.3, 0.4) is 0 Å². The van der Waals surface area contributed by atoms with Crippen LogP contribution in [0.25, 0.3) is 0 Å². The Morgan fingerprint density at radius 1 is 1.62 bits per heavy atom. The molecule has 0 amide bonds. The van der Waals surface area contributed by atoms with Gasteiger partial charge in [0, 0.05) is 12.6 Å². The zero-order valence-electron chi connectivity index (χ0n) is 9.42. The van der Waals surface area contributed by atoms with Crippen molar-refractivity contribution in [3.05, 3.63) is 16.4 Å². The van der Waals surface area contributed by atoms with Crippen molar-refractivity contribution in [3.63, 3.8) is 0 Å². The van der Waals surface area contributed by atoms with E-state index in [1.165, 1.54) is 0 Å². The molecule has 3 nitrogen and oxygen atoms in total. The first-order chi connectivity index (χ1) is 7.57. The van der Waals surface area contributed by atoms with E-state index in [2.05, 4.69) is 21.0 Å². The number of nitrogens with zero attached hydrogens (tertiary/aromatic N) is 2. The number of aromatic nitrogens is 2. The second-order valence-electron chi connectivity index (χ2n) is 4.46. The Hall–Kier alpha value is -0.420. The standard InChI is InChI=1S/C11H17BrFN3/c1-2-16-10(9(12)7-15-16)11(13)5-3-8(14)4-6-11/h7-8H,2-6,14H2,1H3. The molecule has 2 rings (SSSR count). The molecule has 0 aromatic carbocycles. The quantitative estimate of drug-likeness (QED) is 0.910. The van der Waals surface area contributed by atoms with Gasteiger partial charge in [-0.05, 0) is 48.5 Å². The Labute approximate surface area is 103 Å². The van der Waals surface area contributed by atoms with Crippen LogP contribution in [0.4, 0.5) is 4.39 Å². The lowest BCUT2D eigenvalue weighted by atomic mass is 9.82. The molecule has 5 heteroatoms. The molecule has 0 saturated heterocycles. The van der Waals surface area contributed by atoms with E-state index in [0.29, 0.717) is 25.1 Å². The van der Waals surface area contributed by atoms with Crippen LogP contribution < -0.4 is 5.73 Å². The molecule has 1 aromatic heterocycles. The molecule has 0 aliphatic heterocycles. The van der Waals surface area contributed by atoms with E-state index in [1.807, 2.05) is 6.92 Å². The summed E-state index contributed by atoms with van der Waals surface area (Å²) in [5, 5.41) is 4.17. The molecule has 0 atom stereocenters. The summed E-state index contributed by atoms with van der Waals surface area (Å²) in [6.07, 6.45) is 4.17. The van der Waals surface area contributed by atoms with Crippen LogP contribution in [-0.4, -0.2) is 15.8 Å². The number of hydrogen-bond donors (Lipinski definition) is 1. The normalized spacial score (nSPS) is 30.6. The van der Waals surface area contributed by atoms with Crippen LogP contribution in [0.2, 0.25) is 0 Å². The zero-order chi connectivity index (χ0) is 11.8. The Morgan fingerprint density at radius 3 is 2.81 bits per heavy atom. The lowest BCUT2D eigenvalue weighted by molar-refractivity contribution is 0.0864. The highest BCUT2D eigenvalue weighted by molar-refractivity contribution is 9.10. The van der Waals surface area contributed by atoms with Crippen molar-refractivity contribution in [2.45, 2.75) is 50.9 Å². The summed E-state index contributed by atoms with van der Waals surface area (Å²) in [7, 11) is 0. The average molecular weight is 290 g/mol. The summed E-state index contributed by atoms with van der Waals surface area (Å²) in [5.41, 5.74) is 5.24. The van der Waals surface area contributed by atoms with Gasteiger partial charge >= 0.3 is 0 Å². The number of halogens is 2. The fourth-order valence-corrected chi connectivity index (χ4v) is 3.03. The lowest BCUT2D eigenvalue weighted by Gasteiger charge is -2.33. The highest BCUT2D eigenvalue weighted by atomic mass is 79.9. The molecular formula is C11H17BrFN3. The first-order valence-electron chi connectivity index (χ1n) is 5.73. The van der Waals surface area contributed by atoms with Crippen molar-refractivity contribution in [2.24, 2.45) is 5.73 Å². The van der Waals surface area contributed by atoms with Crippen molar-refractivity contribution in [1.82, 2.24) is 9.78 Å². The fourth-order valence-electron chi connectivity index (χ4n) is 2.38. The van der Waals surface area contributed by atoms with Crippen molar-refractivity contribution in [2.75, 3.05) is 0 Å². The fraction of sp³-hybridized carbons (Fsp3) is 0.727. The molecule has 1 aliphatic carbocycles. The average Bonchev–Trinajstić information content (AvgIpc) is 2.65. The SMILES string of the molecule is CCn1ncc(Br)c1C1(F)CCC(N)CC1. The maximum atomic E-state index is 14.9. The van der Waals surface area contributed by atoms with E-state index in [-0.39, 0.29) is 6.04 Å². The molecule has 0 bridgehead atoms.